The quantitative estimate of drug-likeness (QED) is 0.624. The van der Waals surface area contributed by atoms with E-state index in [1.54, 1.807) is 0 Å². The lowest BCUT2D eigenvalue weighted by Gasteiger charge is -2.03. The van der Waals surface area contributed by atoms with Crippen molar-refractivity contribution < 1.29 is 0 Å². The molecule has 0 aliphatic carbocycles. The first-order valence-electron chi connectivity index (χ1n) is 5.03. The molecule has 2 N–H and O–H groups in total. The number of fused-ring (bicyclic) bond motifs is 1. The molecule has 0 aliphatic heterocycles. The summed E-state index contributed by atoms with van der Waals surface area (Å²) in [6.07, 6.45) is 0. The van der Waals surface area contributed by atoms with Gasteiger partial charge in [-0.05, 0) is 17.9 Å². The van der Waals surface area contributed by atoms with Crippen LogP contribution in [0.15, 0.2) is 36.4 Å². The Kier molecular flexibility index (Phi) is 3.52. The van der Waals surface area contributed by atoms with E-state index in [9.17, 15) is 0 Å². The predicted octanol–water partition coefficient (Wildman–Crippen LogP) is 3.76. The molecule has 1 heteroatoms. The molecule has 74 valence electrons. The van der Waals surface area contributed by atoms with Gasteiger partial charge in [0.05, 0.1) is 0 Å². The van der Waals surface area contributed by atoms with Crippen LogP contribution in [0.3, 0.4) is 0 Å². The van der Waals surface area contributed by atoms with Gasteiger partial charge in [0.25, 0.3) is 0 Å². The van der Waals surface area contributed by atoms with Gasteiger partial charge < -0.3 is 5.73 Å². The van der Waals surface area contributed by atoms with Crippen molar-refractivity contribution in [2.45, 2.75) is 20.8 Å². The van der Waals surface area contributed by atoms with Crippen molar-refractivity contribution >= 4 is 16.5 Å². The number of hydrogen-bond donors (Lipinski definition) is 1. The topological polar surface area (TPSA) is 26.0 Å². The highest BCUT2D eigenvalue weighted by Gasteiger charge is 1.98. The molecule has 2 aromatic rings. The van der Waals surface area contributed by atoms with Crippen molar-refractivity contribution in [2.24, 2.45) is 0 Å². The van der Waals surface area contributed by atoms with Crippen molar-refractivity contribution in [2.75, 3.05) is 5.73 Å². The highest BCUT2D eigenvalue weighted by atomic mass is 14.6. The molecule has 0 bridgehead atoms. The van der Waals surface area contributed by atoms with Crippen molar-refractivity contribution in [1.29, 1.82) is 0 Å². The standard InChI is InChI=1S/C11H11N.C2H6/c1-8-6-7-9-4-2-3-5-10(9)11(8)12;1-2/h2-7H,12H2,1H3;1-2H3. The van der Waals surface area contributed by atoms with Gasteiger partial charge in [-0.1, -0.05) is 50.2 Å². The second-order valence-electron chi connectivity index (χ2n) is 3.02. The summed E-state index contributed by atoms with van der Waals surface area (Å²) < 4.78 is 0. The molecule has 0 heterocycles. The molecule has 0 amide bonds. The molecule has 0 aromatic heterocycles. The molecule has 14 heavy (non-hydrogen) atoms. The van der Waals surface area contributed by atoms with E-state index in [1.807, 2.05) is 32.9 Å². The van der Waals surface area contributed by atoms with Crippen molar-refractivity contribution in [3.63, 3.8) is 0 Å². The number of aryl methyl sites for hydroxylation is 1. The van der Waals surface area contributed by atoms with E-state index in [2.05, 4.69) is 24.3 Å². The summed E-state index contributed by atoms with van der Waals surface area (Å²) in [4.78, 5) is 0. The van der Waals surface area contributed by atoms with Crippen LogP contribution in [0.1, 0.15) is 19.4 Å². The second-order valence-corrected chi connectivity index (χ2v) is 3.02. The summed E-state index contributed by atoms with van der Waals surface area (Å²) >= 11 is 0. The van der Waals surface area contributed by atoms with E-state index in [0.29, 0.717) is 0 Å². The molecule has 0 atom stereocenters. The van der Waals surface area contributed by atoms with Gasteiger partial charge >= 0.3 is 0 Å². The number of benzene rings is 2. The molecule has 0 fully saturated rings. The zero-order chi connectivity index (χ0) is 10.6. The third-order valence-corrected chi connectivity index (χ3v) is 2.19. The Morgan fingerprint density at radius 1 is 0.929 bits per heavy atom. The van der Waals surface area contributed by atoms with Gasteiger partial charge in [0.1, 0.15) is 0 Å². The Balaban J connectivity index is 0.000000461. The summed E-state index contributed by atoms with van der Waals surface area (Å²) in [5, 5.41) is 2.36. The normalized spacial score (nSPS) is 9.36. The van der Waals surface area contributed by atoms with Gasteiger partial charge in [-0.25, -0.2) is 0 Å². The Hall–Kier alpha value is -1.50. The molecule has 0 saturated heterocycles. The summed E-state index contributed by atoms with van der Waals surface area (Å²) in [5.41, 5.74) is 7.96. The van der Waals surface area contributed by atoms with Crippen molar-refractivity contribution in [1.82, 2.24) is 0 Å². The van der Waals surface area contributed by atoms with E-state index in [-0.39, 0.29) is 0 Å². The van der Waals surface area contributed by atoms with E-state index >= 15 is 0 Å². The third kappa shape index (κ3) is 1.87. The second kappa shape index (κ2) is 4.66. The molecule has 0 spiro atoms. The fourth-order valence-corrected chi connectivity index (χ4v) is 1.40. The first-order chi connectivity index (χ1) is 6.79. The average molecular weight is 187 g/mol. The maximum atomic E-state index is 5.92. The maximum absolute atomic E-state index is 5.92. The SMILES string of the molecule is CC.Cc1ccc2ccccc2c1N. The molecule has 0 radical (unpaired) electrons. The fraction of sp³-hybridized carbons (Fsp3) is 0.231. The van der Waals surface area contributed by atoms with Crippen LogP contribution in [0, 0.1) is 6.92 Å². The number of nitrogens with two attached hydrogens (primary N) is 1. The minimum Gasteiger partial charge on any atom is -0.398 e. The maximum Gasteiger partial charge on any atom is 0.0423 e. The molecule has 2 aromatic carbocycles. The van der Waals surface area contributed by atoms with Crippen LogP contribution in [-0.2, 0) is 0 Å². The van der Waals surface area contributed by atoms with E-state index in [1.165, 1.54) is 5.39 Å². The van der Waals surface area contributed by atoms with E-state index in [4.69, 9.17) is 5.73 Å². The van der Waals surface area contributed by atoms with Gasteiger partial charge in [-0.2, -0.15) is 0 Å². The van der Waals surface area contributed by atoms with Crippen molar-refractivity contribution in [3.8, 4) is 0 Å². The summed E-state index contributed by atoms with van der Waals surface area (Å²) in [5.74, 6) is 0. The number of nitrogen functional groups attached to an aromatic ring is 1. The van der Waals surface area contributed by atoms with Crippen LogP contribution < -0.4 is 5.73 Å². The zero-order valence-electron chi connectivity index (χ0n) is 9.04. The highest BCUT2D eigenvalue weighted by molar-refractivity contribution is 5.94. The average Bonchev–Trinajstić information content (AvgIpc) is 2.27. The van der Waals surface area contributed by atoms with Crippen LogP contribution in [-0.4, -0.2) is 0 Å². The molecule has 1 nitrogen and oxygen atoms in total. The fourth-order valence-electron chi connectivity index (χ4n) is 1.40. The Bertz CT molecular complexity index is 419. The minimum atomic E-state index is 0.896. The number of anilines is 1. The monoisotopic (exact) mass is 187 g/mol. The largest absolute Gasteiger partial charge is 0.398 e. The number of hydrogen-bond acceptors (Lipinski definition) is 1. The summed E-state index contributed by atoms with van der Waals surface area (Å²) in [6, 6.07) is 12.3. The van der Waals surface area contributed by atoms with Crippen LogP contribution >= 0.6 is 0 Å². The van der Waals surface area contributed by atoms with Crippen LogP contribution in [0.2, 0.25) is 0 Å². The minimum absolute atomic E-state index is 0.896. The molecule has 2 rings (SSSR count). The van der Waals surface area contributed by atoms with Crippen LogP contribution in [0.5, 0.6) is 0 Å². The van der Waals surface area contributed by atoms with Gasteiger partial charge in [0, 0.05) is 11.1 Å². The lowest BCUT2D eigenvalue weighted by atomic mass is 10.1. The van der Waals surface area contributed by atoms with Crippen molar-refractivity contribution in [3.05, 3.63) is 42.0 Å². The Morgan fingerprint density at radius 3 is 2.29 bits per heavy atom. The molecular formula is C13H17N. The summed E-state index contributed by atoms with van der Waals surface area (Å²) in [6.45, 7) is 6.03. The smallest absolute Gasteiger partial charge is 0.0423 e. The molecule has 0 aliphatic rings. The van der Waals surface area contributed by atoms with Crippen LogP contribution in [0.4, 0.5) is 5.69 Å². The van der Waals surface area contributed by atoms with E-state index in [0.717, 1.165) is 16.6 Å². The molecular weight excluding hydrogens is 170 g/mol. The first kappa shape index (κ1) is 10.6. The predicted molar refractivity (Wildman–Crippen MR) is 64.4 cm³/mol. The Morgan fingerprint density at radius 2 is 1.57 bits per heavy atom. The van der Waals surface area contributed by atoms with E-state index < -0.39 is 0 Å². The number of rotatable bonds is 0. The van der Waals surface area contributed by atoms with Gasteiger partial charge in [-0.15, -0.1) is 0 Å². The lowest BCUT2D eigenvalue weighted by Crippen LogP contribution is -1.90. The zero-order valence-corrected chi connectivity index (χ0v) is 9.04. The highest BCUT2D eigenvalue weighted by Crippen LogP contribution is 2.23. The molecule has 0 saturated carbocycles. The Labute approximate surface area is 85.6 Å². The summed E-state index contributed by atoms with van der Waals surface area (Å²) in [7, 11) is 0. The van der Waals surface area contributed by atoms with Crippen LogP contribution in [0.25, 0.3) is 10.8 Å². The lowest BCUT2D eigenvalue weighted by molar-refractivity contribution is 1.50. The molecule has 0 unspecified atom stereocenters. The van der Waals surface area contributed by atoms with Gasteiger partial charge in [-0.3, -0.25) is 0 Å². The third-order valence-electron chi connectivity index (χ3n) is 2.19. The first-order valence-corrected chi connectivity index (χ1v) is 5.03. The van der Waals surface area contributed by atoms with Gasteiger partial charge in [0.2, 0.25) is 0 Å². The van der Waals surface area contributed by atoms with Gasteiger partial charge in [0.15, 0.2) is 0 Å².